The highest BCUT2D eigenvalue weighted by Crippen LogP contribution is 2.27. The summed E-state index contributed by atoms with van der Waals surface area (Å²) in [6, 6.07) is 13.3. The van der Waals surface area contributed by atoms with E-state index in [1.54, 1.807) is 26.1 Å². The zero-order chi connectivity index (χ0) is 16.9. The van der Waals surface area contributed by atoms with Gasteiger partial charge in [0.2, 0.25) is 0 Å². The normalized spacial score (nSPS) is 16.5. The lowest BCUT2D eigenvalue weighted by Gasteiger charge is -2.15. The molecule has 5 heteroatoms. The summed E-state index contributed by atoms with van der Waals surface area (Å²) in [5.74, 6) is 1.45. The highest BCUT2D eigenvalue weighted by molar-refractivity contribution is 5.79. The van der Waals surface area contributed by atoms with Crippen molar-refractivity contribution in [1.82, 2.24) is 10.6 Å². The number of fused-ring (bicyclic) bond motifs is 1. The van der Waals surface area contributed by atoms with Crippen LogP contribution < -0.4 is 15.4 Å². The van der Waals surface area contributed by atoms with Gasteiger partial charge in [-0.3, -0.25) is 4.99 Å². The van der Waals surface area contributed by atoms with Crippen molar-refractivity contribution in [3.05, 3.63) is 65.0 Å². The molecule has 2 aromatic rings. The molecule has 1 atom stereocenters. The summed E-state index contributed by atoms with van der Waals surface area (Å²) in [5.41, 5.74) is 2.77. The summed E-state index contributed by atoms with van der Waals surface area (Å²) in [6.07, 6.45) is 0.987. The Balaban J connectivity index is 1.48. The second-order valence-corrected chi connectivity index (χ2v) is 5.94. The number of para-hydroxylation sites is 1. The number of benzene rings is 2. The predicted molar refractivity (Wildman–Crippen MR) is 93.9 cm³/mol. The third kappa shape index (κ3) is 3.85. The number of aliphatic imine (C=N–C) groups is 1. The monoisotopic (exact) mass is 327 g/mol. The number of rotatable bonds is 4. The average molecular weight is 327 g/mol. The number of guanidine groups is 1. The second-order valence-electron chi connectivity index (χ2n) is 5.94. The molecular weight excluding hydrogens is 305 g/mol. The molecule has 0 fully saturated rings. The van der Waals surface area contributed by atoms with Crippen LogP contribution in [0.4, 0.5) is 4.39 Å². The molecule has 1 aliphatic rings. The van der Waals surface area contributed by atoms with Crippen LogP contribution in [0, 0.1) is 12.7 Å². The van der Waals surface area contributed by atoms with Crippen LogP contribution in [-0.4, -0.2) is 25.7 Å². The Labute approximate surface area is 141 Å². The second kappa shape index (κ2) is 7.34. The topological polar surface area (TPSA) is 45.7 Å². The standard InChI is InChI=1S/C19H22FN3O/c1-13-7-8-14(9-17(13)20)11-22-19(21-2)23-12-16-10-15-5-3-4-6-18(15)24-16/h3-9,16H,10-12H2,1-2H3,(H2,21,22,23). The van der Waals surface area contributed by atoms with Gasteiger partial charge in [-0.1, -0.05) is 30.3 Å². The maximum atomic E-state index is 13.6. The van der Waals surface area contributed by atoms with E-state index in [1.807, 2.05) is 24.3 Å². The average Bonchev–Trinajstić information content (AvgIpc) is 3.01. The Bertz CT molecular complexity index is 720. The van der Waals surface area contributed by atoms with E-state index in [0.29, 0.717) is 24.6 Å². The molecule has 24 heavy (non-hydrogen) atoms. The van der Waals surface area contributed by atoms with Gasteiger partial charge in [0.05, 0.1) is 6.54 Å². The van der Waals surface area contributed by atoms with Crippen LogP contribution in [0.25, 0.3) is 0 Å². The zero-order valence-corrected chi connectivity index (χ0v) is 14.0. The van der Waals surface area contributed by atoms with E-state index in [2.05, 4.69) is 21.7 Å². The lowest BCUT2D eigenvalue weighted by Crippen LogP contribution is -2.41. The Hall–Kier alpha value is -2.56. The maximum Gasteiger partial charge on any atom is 0.191 e. The Kier molecular flexibility index (Phi) is 4.99. The Morgan fingerprint density at radius 3 is 2.83 bits per heavy atom. The number of aryl methyl sites for hydroxylation is 1. The van der Waals surface area contributed by atoms with Gasteiger partial charge in [-0.15, -0.1) is 0 Å². The van der Waals surface area contributed by atoms with E-state index in [-0.39, 0.29) is 11.9 Å². The first-order valence-electron chi connectivity index (χ1n) is 8.10. The smallest absolute Gasteiger partial charge is 0.191 e. The molecule has 0 saturated carbocycles. The van der Waals surface area contributed by atoms with Crippen LogP contribution in [0.1, 0.15) is 16.7 Å². The molecule has 0 spiro atoms. The fraction of sp³-hybridized carbons (Fsp3) is 0.316. The van der Waals surface area contributed by atoms with E-state index in [0.717, 1.165) is 17.7 Å². The van der Waals surface area contributed by atoms with Crippen molar-refractivity contribution in [2.45, 2.75) is 26.0 Å². The molecule has 126 valence electrons. The minimum absolute atomic E-state index is 0.0952. The summed E-state index contributed by atoms with van der Waals surface area (Å²) >= 11 is 0. The van der Waals surface area contributed by atoms with Gasteiger partial charge < -0.3 is 15.4 Å². The van der Waals surface area contributed by atoms with Crippen LogP contribution in [0.2, 0.25) is 0 Å². The number of hydrogen-bond donors (Lipinski definition) is 2. The fourth-order valence-electron chi connectivity index (χ4n) is 2.73. The fourth-order valence-corrected chi connectivity index (χ4v) is 2.73. The highest BCUT2D eigenvalue weighted by atomic mass is 19.1. The van der Waals surface area contributed by atoms with Crippen LogP contribution in [0.3, 0.4) is 0 Å². The molecule has 0 aliphatic carbocycles. The number of halogens is 1. The van der Waals surface area contributed by atoms with Crippen molar-refractivity contribution in [3.63, 3.8) is 0 Å². The van der Waals surface area contributed by atoms with Crippen LogP contribution in [0.5, 0.6) is 5.75 Å². The molecule has 0 bridgehead atoms. The van der Waals surface area contributed by atoms with E-state index in [1.165, 1.54) is 5.56 Å². The quantitative estimate of drug-likeness (QED) is 0.670. The van der Waals surface area contributed by atoms with Gasteiger partial charge in [0, 0.05) is 20.0 Å². The van der Waals surface area contributed by atoms with Crippen molar-refractivity contribution >= 4 is 5.96 Å². The van der Waals surface area contributed by atoms with Gasteiger partial charge in [-0.2, -0.15) is 0 Å². The molecule has 3 rings (SSSR count). The molecule has 2 aromatic carbocycles. The molecule has 0 saturated heterocycles. The van der Waals surface area contributed by atoms with Gasteiger partial charge in [-0.05, 0) is 35.7 Å². The Morgan fingerprint density at radius 2 is 2.08 bits per heavy atom. The van der Waals surface area contributed by atoms with Gasteiger partial charge in [0.25, 0.3) is 0 Å². The summed E-state index contributed by atoms with van der Waals surface area (Å²) in [4.78, 5) is 4.20. The lowest BCUT2D eigenvalue weighted by atomic mass is 10.1. The van der Waals surface area contributed by atoms with E-state index >= 15 is 0 Å². The predicted octanol–water partition coefficient (Wildman–Crippen LogP) is 2.80. The first-order valence-corrected chi connectivity index (χ1v) is 8.10. The van der Waals surface area contributed by atoms with Crippen molar-refractivity contribution in [2.24, 2.45) is 4.99 Å². The van der Waals surface area contributed by atoms with Crippen molar-refractivity contribution in [2.75, 3.05) is 13.6 Å². The summed E-state index contributed by atoms with van der Waals surface area (Å²) in [5, 5.41) is 6.46. The molecule has 0 amide bonds. The van der Waals surface area contributed by atoms with Crippen molar-refractivity contribution in [3.8, 4) is 5.75 Å². The van der Waals surface area contributed by atoms with Crippen molar-refractivity contribution in [1.29, 1.82) is 0 Å². The maximum absolute atomic E-state index is 13.6. The van der Waals surface area contributed by atoms with Gasteiger partial charge >= 0.3 is 0 Å². The number of nitrogens with zero attached hydrogens (tertiary/aromatic N) is 1. The van der Waals surface area contributed by atoms with Gasteiger partial charge in [0.1, 0.15) is 17.7 Å². The number of hydrogen-bond acceptors (Lipinski definition) is 2. The molecule has 2 N–H and O–H groups in total. The molecule has 1 aliphatic heterocycles. The highest BCUT2D eigenvalue weighted by Gasteiger charge is 2.22. The number of ether oxygens (including phenoxy) is 1. The zero-order valence-electron chi connectivity index (χ0n) is 14.0. The summed E-state index contributed by atoms with van der Waals surface area (Å²) < 4.78 is 19.5. The largest absolute Gasteiger partial charge is 0.488 e. The van der Waals surface area contributed by atoms with Crippen LogP contribution in [-0.2, 0) is 13.0 Å². The molecule has 0 aromatic heterocycles. The van der Waals surface area contributed by atoms with Crippen LogP contribution in [0.15, 0.2) is 47.5 Å². The Morgan fingerprint density at radius 1 is 1.25 bits per heavy atom. The van der Waals surface area contributed by atoms with Gasteiger partial charge in [-0.25, -0.2) is 4.39 Å². The van der Waals surface area contributed by atoms with Gasteiger partial charge in [0.15, 0.2) is 5.96 Å². The molecule has 1 heterocycles. The first kappa shape index (κ1) is 16.3. The van der Waals surface area contributed by atoms with E-state index in [4.69, 9.17) is 4.74 Å². The molecule has 4 nitrogen and oxygen atoms in total. The minimum atomic E-state index is -0.186. The minimum Gasteiger partial charge on any atom is -0.488 e. The first-order chi connectivity index (χ1) is 11.7. The van der Waals surface area contributed by atoms with E-state index in [9.17, 15) is 4.39 Å². The SMILES string of the molecule is CN=C(NCc1ccc(C)c(F)c1)NCC1Cc2ccccc2O1. The summed E-state index contributed by atoms with van der Waals surface area (Å²) in [6.45, 7) is 2.94. The van der Waals surface area contributed by atoms with Crippen LogP contribution >= 0.6 is 0 Å². The third-order valence-electron chi connectivity index (χ3n) is 4.13. The van der Waals surface area contributed by atoms with Crippen molar-refractivity contribution < 1.29 is 9.13 Å². The van der Waals surface area contributed by atoms with E-state index < -0.39 is 0 Å². The third-order valence-corrected chi connectivity index (χ3v) is 4.13. The summed E-state index contributed by atoms with van der Waals surface area (Å²) in [7, 11) is 1.72. The lowest BCUT2D eigenvalue weighted by molar-refractivity contribution is 0.235. The molecular formula is C19H22FN3O. The number of nitrogens with one attached hydrogen (secondary N) is 2. The molecule has 0 radical (unpaired) electrons. The molecule has 1 unspecified atom stereocenters.